The first kappa shape index (κ1) is 24.9. The maximum Gasteiger partial charge on any atom is 0.0547 e. The number of hydrogen-bond acceptors (Lipinski definition) is 1. The first-order chi connectivity index (χ1) is 20.5. The van der Waals surface area contributed by atoms with Crippen molar-refractivity contribution in [3.05, 3.63) is 138 Å². The van der Waals surface area contributed by atoms with Gasteiger partial charge in [0.2, 0.25) is 0 Å². The van der Waals surface area contributed by atoms with Gasteiger partial charge in [-0.3, -0.25) is 0 Å². The van der Waals surface area contributed by atoms with Gasteiger partial charge < -0.3 is 9.47 Å². The number of hydrogen-bond donors (Lipinski definition) is 0. The molecule has 2 nitrogen and oxygen atoms in total. The Morgan fingerprint density at radius 3 is 1.76 bits per heavy atom. The molecule has 0 radical (unpaired) electrons. The molecular formula is C40H34N2. The lowest BCUT2D eigenvalue weighted by atomic mass is 9.72. The van der Waals surface area contributed by atoms with Gasteiger partial charge in [0.25, 0.3) is 0 Å². The highest BCUT2D eigenvalue weighted by Gasteiger charge is 2.38. The van der Waals surface area contributed by atoms with Crippen LogP contribution in [0.4, 0.5) is 11.4 Å². The molecule has 0 saturated heterocycles. The second-order valence-corrected chi connectivity index (χ2v) is 12.0. The molecule has 2 heteroatoms. The molecule has 1 aliphatic heterocycles. The van der Waals surface area contributed by atoms with Crippen LogP contribution in [0.3, 0.4) is 0 Å². The molecule has 1 aromatic heterocycles. The van der Waals surface area contributed by atoms with Crippen molar-refractivity contribution >= 4 is 54.7 Å². The quantitative estimate of drug-likeness (QED) is 0.202. The number of aromatic nitrogens is 1. The van der Waals surface area contributed by atoms with Crippen molar-refractivity contribution in [2.45, 2.75) is 39.5 Å². The maximum absolute atomic E-state index is 2.45. The highest BCUT2D eigenvalue weighted by Crippen LogP contribution is 2.51. The number of benzene rings is 6. The molecule has 2 heterocycles. The van der Waals surface area contributed by atoms with Crippen molar-refractivity contribution in [1.82, 2.24) is 4.57 Å². The maximum atomic E-state index is 2.45. The van der Waals surface area contributed by atoms with E-state index in [-0.39, 0.29) is 5.41 Å². The third-order valence-corrected chi connectivity index (χ3v) is 9.38. The summed E-state index contributed by atoms with van der Waals surface area (Å²) >= 11 is 0. The summed E-state index contributed by atoms with van der Waals surface area (Å²) in [4.78, 5) is 2.45. The lowest BCUT2D eigenvalue weighted by Gasteiger charge is -2.44. The molecule has 0 atom stereocenters. The summed E-state index contributed by atoms with van der Waals surface area (Å²) in [6, 6.07) is 40.4. The average Bonchev–Trinajstić information content (AvgIpc) is 3.36. The van der Waals surface area contributed by atoms with Gasteiger partial charge in [0.1, 0.15) is 0 Å². The first-order valence-corrected chi connectivity index (χ1v) is 15.1. The number of rotatable bonds is 3. The van der Waals surface area contributed by atoms with Gasteiger partial charge in [-0.15, -0.1) is 0 Å². The standard InChI is InChI=1S/C40H34N2/c1-5-13-34-32(6-2)40(3,4)33-18-9-10-19-35(33)41(34)26-22-24-27(25-23-26)42-36-20-11-16-30-28-14-7-8-15-29(28)31-17-12-21-37(42)39(31)38(30)36/h6-25H,5H2,1-4H3/b32-6+,34-13+. The molecule has 0 amide bonds. The van der Waals surface area contributed by atoms with E-state index in [1.165, 1.54) is 77.2 Å². The Morgan fingerprint density at radius 1 is 0.619 bits per heavy atom. The normalized spacial score (nSPS) is 16.9. The molecule has 0 saturated carbocycles. The van der Waals surface area contributed by atoms with Gasteiger partial charge in [0.05, 0.1) is 16.7 Å². The summed E-state index contributed by atoms with van der Waals surface area (Å²) in [6.45, 7) is 9.09. The van der Waals surface area contributed by atoms with Crippen LogP contribution in [0.2, 0.25) is 0 Å². The van der Waals surface area contributed by atoms with E-state index in [9.17, 15) is 0 Å². The molecule has 7 aromatic rings. The van der Waals surface area contributed by atoms with Crippen molar-refractivity contribution in [2.24, 2.45) is 0 Å². The van der Waals surface area contributed by atoms with E-state index < -0.39 is 0 Å². The van der Waals surface area contributed by atoms with E-state index in [0.29, 0.717) is 0 Å². The van der Waals surface area contributed by atoms with Crippen molar-refractivity contribution in [3.8, 4) is 5.69 Å². The first-order valence-electron chi connectivity index (χ1n) is 15.1. The Morgan fingerprint density at radius 2 is 1.17 bits per heavy atom. The largest absolute Gasteiger partial charge is 0.310 e. The predicted molar refractivity (Wildman–Crippen MR) is 181 cm³/mol. The topological polar surface area (TPSA) is 8.17 Å². The predicted octanol–water partition coefficient (Wildman–Crippen LogP) is 11.2. The molecule has 0 fully saturated rings. The van der Waals surface area contributed by atoms with Gasteiger partial charge in [-0.05, 0) is 88.5 Å². The third kappa shape index (κ3) is 3.27. The summed E-state index contributed by atoms with van der Waals surface area (Å²) in [6.07, 6.45) is 5.66. The zero-order valence-electron chi connectivity index (χ0n) is 24.6. The zero-order chi connectivity index (χ0) is 28.6. The number of anilines is 2. The molecule has 0 spiro atoms. The summed E-state index contributed by atoms with van der Waals surface area (Å²) in [5.74, 6) is 0. The minimum Gasteiger partial charge on any atom is -0.310 e. The van der Waals surface area contributed by atoms with Crippen molar-refractivity contribution in [1.29, 1.82) is 0 Å². The lowest BCUT2D eigenvalue weighted by Crippen LogP contribution is -2.35. The van der Waals surface area contributed by atoms with E-state index in [4.69, 9.17) is 0 Å². The molecule has 6 aromatic carbocycles. The van der Waals surface area contributed by atoms with Crippen LogP contribution >= 0.6 is 0 Å². The van der Waals surface area contributed by atoms with Crippen LogP contribution in [-0.4, -0.2) is 4.57 Å². The van der Waals surface area contributed by atoms with E-state index >= 15 is 0 Å². The van der Waals surface area contributed by atoms with Gasteiger partial charge in [-0.1, -0.05) is 99.7 Å². The van der Waals surface area contributed by atoms with E-state index in [1.54, 1.807) is 0 Å². The van der Waals surface area contributed by atoms with Gasteiger partial charge in [0.15, 0.2) is 0 Å². The SMILES string of the molecule is C/C=C1\C(=C/CC)N(c2ccc(-n3c4cccc5c6ccccc6c6cccc3c6c54)cc2)c2ccccc2C1(C)C. The van der Waals surface area contributed by atoms with Crippen LogP contribution in [0.1, 0.15) is 39.7 Å². The molecule has 0 unspecified atom stereocenters. The van der Waals surface area contributed by atoms with E-state index in [2.05, 4.69) is 159 Å². The number of nitrogens with zero attached hydrogens (tertiary/aromatic N) is 2. The molecule has 42 heavy (non-hydrogen) atoms. The van der Waals surface area contributed by atoms with Crippen LogP contribution in [0, 0.1) is 0 Å². The summed E-state index contributed by atoms with van der Waals surface area (Å²) < 4.78 is 2.45. The van der Waals surface area contributed by atoms with Crippen molar-refractivity contribution in [3.63, 3.8) is 0 Å². The lowest BCUT2D eigenvalue weighted by molar-refractivity contribution is 0.611. The van der Waals surface area contributed by atoms with Gasteiger partial charge in [0, 0.05) is 33.3 Å². The molecule has 0 N–H and O–H groups in total. The highest BCUT2D eigenvalue weighted by molar-refractivity contribution is 6.34. The minimum atomic E-state index is -0.0645. The smallest absolute Gasteiger partial charge is 0.0547 e. The van der Waals surface area contributed by atoms with Crippen LogP contribution < -0.4 is 4.90 Å². The highest BCUT2D eigenvalue weighted by atomic mass is 15.2. The number of allylic oxidation sites excluding steroid dienone is 3. The van der Waals surface area contributed by atoms with Crippen LogP contribution in [0.25, 0.3) is 49.0 Å². The molecule has 0 aliphatic carbocycles. The van der Waals surface area contributed by atoms with Crippen LogP contribution in [0.15, 0.2) is 133 Å². The third-order valence-electron chi connectivity index (χ3n) is 9.38. The fraction of sp³-hybridized carbons (Fsp3) is 0.150. The monoisotopic (exact) mass is 542 g/mol. The molecule has 0 bridgehead atoms. The average molecular weight is 543 g/mol. The van der Waals surface area contributed by atoms with Crippen LogP contribution in [0.5, 0.6) is 0 Å². The van der Waals surface area contributed by atoms with E-state index in [1.807, 2.05) is 0 Å². The molecule has 1 aliphatic rings. The Hall–Kier alpha value is -4.82. The Balaban J connectivity index is 1.35. The zero-order valence-corrected chi connectivity index (χ0v) is 24.6. The summed E-state index contributed by atoms with van der Waals surface area (Å²) in [5, 5.41) is 7.98. The molecule has 204 valence electrons. The second-order valence-electron chi connectivity index (χ2n) is 12.0. The van der Waals surface area contributed by atoms with Gasteiger partial charge in [-0.25, -0.2) is 0 Å². The Labute approximate surface area is 247 Å². The summed E-state index contributed by atoms with van der Waals surface area (Å²) in [7, 11) is 0. The number of fused-ring (bicyclic) bond motifs is 4. The van der Waals surface area contributed by atoms with Gasteiger partial charge >= 0.3 is 0 Å². The fourth-order valence-corrected chi connectivity index (χ4v) is 7.63. The Bertz CT molecular complexity index is 2120. The van der Waals surface area contributed by atoms with Crippen molar-refractivity contribution in [2.75, 3.05) is 4.90 Å². The summed E-state index contributed by atoms with van der Waals surface area (Å²) in [5.41, 5.74) is 10.1. The molecule has 8 rings (SSSR count). The fourth-order valence-electron chi connectivity index (χ4n) is 7.63. The van der Waals surface area contributed by atoms with Gasteiger partial charge in [-0.2, -0.15) is 0 Å². The second kappa shape index (κ2) is 9.09. The molecular weight excluding hydrogens is 508 g/mol. The minimum absolute atomic E-state index is 0.0645. The Kier molecular flexibility index (Phi) is 5.40. The number of para-hydroxylation sites is 1. The van der Waals surface area contributed by atoms with E-state index in [0.717, 1.165) is 6.42 Å². The van der Waals surface area contributed by atoms with Crippen molar-refractivity contribution < 1.29 is 0 Å². The van der Waals surface area contributed by atoms with Crippen LogP contribution in [-0.2, 0) is 5.41 Å².